The van der Waals surface area contributed by atoms with Crippen molar-refractivity contribution >= 4 is 5.69 Å². The lowest BCUT2D eigenvalue weighted by Gasteiger charge is -2.44. The van der Waals surface area contributed by atoms with Gasteiger partial charge in [0.05, 0.1) is 0 Å². The Kier molecular flexibility index (Phi) is 2.48. The summed E-state index contributed by atoms with van der Waals surface area (Å²) in [4.78, 5) is 2.50. The molecule has 1 aromatic rings. The van der Waals surface area contributed by atoms with Crippen molar-refractivity contribution in [2.24, 2.45) is 5.92 Å². The highest BCUT2D eigenvalue weighted by Gasteiger charge is 2.35. The minimum atomic E-state index is 0.365. The molecule has 3 saturated heterocycles. The standard InChI is InChI=1S/C13H18N2O/c14-11-2-1-3-12(8-11)16-13-9-15-6-4-10(13)5-7-15/h1-3,8,10,13H,4-7,9,14H2. The number of nitrogens with zero attached hydrogens (tertiary/aromatic N) is 1. The van der Waals surface area contributed by atoms with E-state index in [-0.39, 0.29) is 0 Å². The third-order valence-electron chi connectivity index (χ3n) is 3.74. The van der Waals surface area contributed by atoms with Gasteiger partial charge in [0.15, 0.2) is 0 Å². The minimum absolute atomic E-state index is 0.365. The van der Waals surface area contributed by atoms with Gasteiger partial charge in [-0.15, -0.1) is 0 Å². The van der Waals surface area contributed by atoms with E-state index in [0.29, 0.717) is 6.10 Å². The first kappa shape index (κ1) is 9.97. The predicted octanol–water partition coefficient (Wildman–Crippen LogP) is 1.74. The van der Waals surface area contributed by atoms with E-state index >= 15 is 0 Å². The number of anilines is 1. The topological polar surface area (TPSA) is 38.5 Å². The molecule has 3 fully saturated rings. The zero-order valence-electron chi connectivity index (χ0n) is 9.43. The van der Waals surface area contributed by atoms with Crippen molar-refractivity contribution in [1.82, 2.24) is 4.90 Å². The average molecular weight is 218 g/mol. The van der Waals surface area contributed by atoms with E-state index in [0.717, 1.165) is 23.9 Å². The first-order valence-corrected chi connectivity index (χ1v) is 6.06. The SMILES string of the molecule is Nc1cccc(OC2CN3CCC2CC3)c1. The highest BCUT2D eigenvalue weighted by molar-refractivity contribution is 5.43. The Morgan fingerprint density at radius 3 is 2.69 bits per heavy atom. The van der Waals surface area contributed by atoms with Gasteiger partial charge >= 0.3 is 0 Å². The molecule has 0 aromatic heterocycles. The van der Waals surface area contributed by atoms with E-state index in [1.165, 1.54) is 25.9 Å². The smallest absolute Gasteiger partial charge is 0.121 e. The van der Waals surface area contributed by atoms with Gasteiger partial charge in [0.25, 0.3) is 0 Å². The molecule has 1 unspecified atom stereocenters. The van der Waals surface area contributed by atoms with Gasteiger partial charge in [0, 0.05) is 18.3 Å². The van der Waals surface area contributed by atoms with E-state index in [2.05, 4.69) is 4.90 Å². The number of benzene rings is 1. The van der Waals surface area contributed by atoms with Crippen LogP contribution >= 0.6 is 0 Å². The number of piperidine rings is 3. The van der Waals surface area contributed by atoms with Crippen LogP contribution < -0.4 is 10.5 Å². The molecule has 3 aliphatic heterocycles. The van der Waals surface area contributed by atoms with Crippen LogP contribution in [0.3, 0.4) is 0 Å². The molecule has 16 heavy (non-hydrogen) atoms. The van der Waals surface area contributed by atoms with Gasteiger partial charge < -0.3 is 10.5 Å². The fourth-order valence-electron chi connectivity index (χ4n) is 2.81. The molecule has 0 aliphatic carbocycles. The summed E-state index contributed by atoms with van der Waals surface area (Å²) in [5, 5.41) is 0. The molecular weight excluding hydrogens is 200 g/mol. The summed E-state index contributed by atoms with van der Waals surface area (Å²) in [5.74, 6) is 1.66. The van der Waals surface area contributed by atoms with Crippen molar-refractivity contribution in [3.05, 3.63) is 24.3 Å². The van der Waals surface area contributed by atoms with Crippen LogP contribution in [0, 0.1) is 5.92 Å². The Bertz CT molecular complexity index is 372. The normalized spacial score (nSPS) is 32.6. The molecule has 1 aromatic carbocycles. The van der Waals surface area contributed by atoms with Crippen molar-refractivity contribution in [2.45, 2.75) is 18.9 Å². The Labute approximate surface area is 96.2 Å². The second kappa shape index (κ2) is 3.98. The molecule has 3 aliphatic rings. The zero-order valence-corrected chi connectivity index (χ0v) is 9.43. The van der Waals surface area contributed by atoms with Crippen molar-refractivity contribution in [1.29, 1.82) is 0 Å². The van der Waals surface area contributed by atoms with Crippen molar-refractivity contribution in [3.63, 3.8) is 0 Å². The fourth-order valence-corrected chi connectivity index (χ4v) is 2.81. The summed E-state index contributed by atoms with van der Waals surface area (Å²) in [7, 11) is 0. The average Bonchev–Trinajstić information content (AvgIpc) is 2.30. The molecule has 3 heterocycles. The maximum atomic E-state index is 6.05. The molecule has 3 heteroatoms. The molecule has 0 saturated carbocycles. The Balaban J connectivity index is 1.71. The molecule has 0 spiro atoms. The summed E-state index contributed by atoms with van der Waals surface area (Å²) in [6.07, 6.45) is 2.93. The summed E-state index contributed by atoms with van der Waals surface area (Å²) in [5.41, 5.74) is 6.53. The van der Waals surface area contributed by atoms with Crippen LogP contribution in [-0.2, 0) is 0 Å². The van der Waals surface area contributed by atoms with E-state index < -0.39 is 0 Å². The third kappa shape index (κ3) is 1.87. The van der Waals surface area contributed by atoms with E-state index in [9.17, 15) is 0 Å². The summed E-state index contributed by atoms with van der Waals surface area (Å²) in [6, 6.07) is 7.75. The number of hydrogen-bond acceptors (Lipinski definition) is 3. The molecule has 2 bridgehead atoms. The molecule has 3 nitrogen and oxygen atoms in total. The van der Waals surface area contributed by atoms with Gasteiger partial charge in [0.2, 0.25) is 0 Å². The van der Waals surface area contributed by atoms with Gasteiger partial charge in [-0.3, -0.25) is 4.90 Å². The maximum absolute atomic E-state index is 6.05. The van der Waals surface area contributed by atoms with Crippen LogP contribution in [-0.4, -0.2) is 30.6 Å². The molecule has 4 rings (SSSR count). The summed E-state index contributed by atoms with van der Waals surface area (Å²) < 4.78 is 6.05. The van der Waals surface area contributed by atoms with Gasteiger partial charge in [-0.1, -0.05) is 6.07 Å². The van der Waals surface area contributed by atoms with E-state index in [4.69, 9.17) is 10.5 Å². The van der Waals surface area contributed by atoms with Gasteiger partial charge in [-0.2, -0.15) is 0 Å². The van der Waals surface area contributed by atoms with E-state index in [1.807, 2.05) is 24.3 Å². The van der Waals surface area contributed by atoms with Crippen molar-refractivity contribution in [3.8, 4) is 5.75 Å². The first-order valence-electron chi connectivity index (χ1n) is 6.06. The second-order valence-electron chi connectivity index (χ2n) is 4.87. The number of nitrogens with two attached hydrogens (primary N) is 1. The molecular formula is C13H18N2O. The molecule has 2 N–H and O–H groups in total. The second-order valence-corrected chi connectivity index (χ2v) is 4.87. The van der Waals surface area contributed by atoms with Crippen LogP contribution in [0.4, 0.5) is 5.69 Å². The number of fused-ring (bicyclic) bond motifs is 3. The van der Waals surface area contributed by atoms with Crippen molar-refractivity contribution in [2.75, 3.05) is 25.4 Å². The van der Waals surface area contributed by atoms with Crippen LogP contribution in [0.15, 0.2) is 24.3 Å². The predicted molar refractivity (Wildman–Crippen MR) is 64.4 cm³/mol. The molecule has 0 amide bonds. The number of ether oxygens (including phenoxy) is 1. The number of hydrogen-bond donors (Lipinski definition) is 1. The number of nitrogen functional groups attached to an aromatic ring is 1. The van der Waals surface area contributed by atoms with Crippen LogP contribution in [0.5, 0.6) is 5.75 Å². The molecule has 0 radical (unpaired) electrons. The largest absolute Gasteiger partial charge is 0.489 e. The van der Waals surface area contributed by atoms with Gasteiger partial charge in [-0.25, -0.2) is 0 Å². The highest BCUT2D eigenvalue weighted by Crippen LogP contribution is 2.30. The molecule has 1 atom stereocenters. The summed E-state index contributed by atoms with van der Waals surface area (Å²) >= 11 is 0. The lowest BCUT2D eigenvalue weighted by Crippen LogP contribution is -2.52. The maximum Gasteiger partial charge on any atom is 0.121 e. The van der Waals surface area contributed by atoms with Crippen LogP contribution in [0.25, 0.3) is 0 Å². The van der Waals surface area contributed by atoms with Crippen LogP contribution in [0.2, 0.25) is 0 Å². The van der Waals surface area contributed by atoms with E-state index in [1.54, 1.807) is 0 Å². The third-order valence-corrected chi connectivity index (χ3v) is 3.74. The fraction of sp³-hybridized carbons (Fsp3) is 0.538. The quantitative estimate of drug-likeness (QED) is 0.768. The zero-order chi connectivity index (χ0) is 11.0. The first-order chi connectivity index (χ1) is 7.81. The van der Waals surface area contributed by atoms with Crippen LogP contribution in [0.1, 0.15) is 12.8 Å². The van der Waals surface area contributed by atoms with Gasteiger partial charge in [0.1, 0.15) is 11.9 Å². The Hall–Kier alpha value is -1.22. The van der Waals surface area contributed by atoms with Crippen molar-refractivity contribution < 1.29 is 4.74 Å². The minimum Gasteiger partial charge on any atom is -0.489 e. The van der Waals surface area contributed by atoms with Gasteiger partial charge in [-0.05, 0) is 44.0 Å². The highest BCUT2D eigenvalue weighted by atomic mass is 16.5. The summed E-state index contributed by atoms with van der Waals surface area (Å²) in [6.45, 7) is 3.59. The number of rotatable bonds is 2. The lowest BCUT2D eigenvalue weighted by molar-refractivity contribution is -0.00772. The monoisotopic (exact) mass is 218 g/mol. The lowest BCUT2D eigenvalue weighted by atomic mass is 9.86. The Morgan fingerprint density at radius 1 is 1.25 bits per heavy atom. The Morgan fingerprint density at radius 2 is 2.06 bits per heavy atom. The molecule has 86 valence electrons.